The minimum Gasteiger partial charge on any atom is -0.486 e. The summed E-state index contributed by atoms with van der Waals surface area (Å²) in [5.74, 6) is 0.630. The largest absolute Gasteiger partial charge is 0.486 e. The number of hydrogen-bond donors (Lipinski definition) is 1. The lowest BCUT2D eigenvalue weighted by Crippen LogP contribution is -2.40. The summed E-state index contributed by atoms with van der Waals surface area (Å²) in [4.78, 5) is 28.2. The van der Waals surface area contributed by atoms with Crippen molar-refractivity contribution < 1.29 is 19.0 Å². The number of amides is 1. The van der Waals surface area contributed by atoms with Gasteiger partial charge < -0.3 is 24.1 Å². The zero-order valence-electron chi connectivity index (χ0n) is 16.5. The van der Waals surface area contributed by atoms with Crippen molar-refractivity contribution in [3.05, 3.63) is 51.9 Å². The predicted octanol–water partition coefficient (Wildman–Crippen LogP) is 1.51. The van der Waals surface area contributed by atoms with E-state index >= 15 is 0 Å². The molecule has 0 unspecified atom stereocenters. The molecule has 0 bridgehead atoms. The number of carbonyl (C=O) groups excluding carboxylic acids is 1. The van der Waals surface area contributed by atoms with E-state index in [0.29, 0.717) is 55.7 Å². The van der Waals surface area contributed by atoms with Crippen LogP contribution >= 0.6 is 0 Å². The van der Waals surface area contributed by atoms with E-state index in [-0.39, 0.29) is 11.1 Å². The fourth-order valence-corrected chi connectivity index (χ4v) is 3.55. The smallest absolute Gasteiger partial charge is 0.263 e. The van der Waals surface area contributed by atoms with Gasteiger partial charge in [-0.1, -0.05) is 6.07 Å². The number of hydrogen-bond acceptors (Lipinski definition) is 6. The Morgan fingerprint density at radius 3 is 2.69 bits per heavy atom. The fourth-order valence-electron chi connectivity index (χ4n) is 3.55. The molecule has 2 aliphatic heterocycles. The number of anilines is 1. The van der Waals surface area contributed by atoms with E-state index in [0.717, 1.165) is 19.6 Å². The number of morpholine rings is 1. The number of fused-ring (bicyclic) bond motifs is 1. The quantitative estimate of drug-likeness (QED) is 0.821. The number of ether oxygens (including phenoxy) is 3. The van der Waals surface area contributed by atoms with Crippen molar-refractivity contribution in [2.75, 3.05) is 51.4 Å². The first kappa shape index (κ1) is 19.5. The van der Waals surface area contributed by atoms with Gasteiger partial charge in [0.1, 0.15) is 18.8 Å². The Hall–Kier alpha value is -2.84. The van der Waals surface area contributed by atoms with Crippen molar-refractivity contribution in [1.82, 2.24) is 9.47 Å². The van der Waals surface area contributed by atoms with Crippen molar-refractivity contribution in [2.45, 2.75) is 13.5 Å². The molecule has 8 nitrogen and oxygen atoms in total. The minimum atomic E-state index is -0.448. The number of carbonyl (C=O) groups is 1. The second kappa shape index (κ2) is 8.67. The van der Waals surface area contributed by atoms with Crippen molar-refractivity contribution in [2.24, 2.45) is 0 Å². The van der Waals surface area contributed by atoms with E-state index < -0.39 is 5.91 Å². The molecule has 0 spiro atoms. The van der Waals surface area contributed by atoms with Crippen LogP contribution in [0.15, 0.2) is 35.3 Å². The number of para-hydroxylation sites is 1. The Morgan fingerprint density at radius 1 is 1.07 bits per heavy atom. The SMILES string of the molecule is Cc1ccn(CCN2CCOCC2)c(=O)c1C(=O)Nc1cccc2c1OCCO2. The molecule has 0 aliphatic carbocycles. The van der Waals surface area contributed by atoms with Gasteiger partial charge in [-0.15, -0.1) is 0 Å². The molecule has 2 aromatic rings. The first-order valence-electron chi connectivity index (χ1n) is 9.83. The van der Waals surface area contributed by atoms with Gasteiger partial charge in [-0.25, -0.2) is 0 Å². The molecule has 1 amide bonds. The van der Waals surface area contributed by atoms with Gasteiger partial charge >= 0.3 is 0 Å². The van der Waals surface area contributed by atoms with Gasteiger partial charge in [0.25, 0.3) is 11.5 Å². The van der Waals surface area contributed by atoms with Crippen molar-refractivity contribution >= 4 is 11.6 Å². The third-order valence-electron chi connectivity index (χ3n) is 5.18. The molecule has 1 saturated heterocycles. The molecular weight excluding hydrogens is 374 g/mol. The third kappa shape index (κ3) is 4.28. The van der Waals surface area contributed by atoms with E-state index in [2.05, 4.69) is 10.2 Å². The van der Waals surface area contributed by atoms with Crippen LogP contribution < -0.4 is 20.3 Å². The zero-order valence-corrected chi connectivity index (χ0v) is 16.5. The van der Waals surface area contributed by atoms with Gasteiger partial charge in [-0.3, -0.25) is 14.5 Å². The summed E-state index contributed by atoms with van der Waals surface area (Å²) in [6, 6.07) is 7.11. The van der Waals surface area contributed by atoms with Crippen LogP contribution in [-0.2, 0) is 11.3 Å². The molecule has 0 saturated carbocycles. The van der Waals surface area contributed by atoms with Crippen LogP contribution in [0.3, 0.4) is 0 Å². The molecule has 0 radical (unpaired) electrons. The summed E-state index contributed by atoms with van der Waals surface area (Å²) in [6.45, 7) is 7.05. The first-order valence-corrected chi connectivity index (χ1v) is 9.83. The first-order chi connectivity index (χ1) is 14.1. The molecule has 8 heteroatoms. The highest BCUT2D eigenvalue weighted by molar-refractivity contribution is 6.06. The maximum atomic E-state index is 13.0. The van der Waals surface area contributed by atoms with Crippen LogP contribution in [0.5, 0.6) is 11.5 Å². The van der Waals surface area contributed by atoms with Gasteiger partial charge in [0.05, 0.1) is 18.9 Å². The standard InChI is InChI=1S/C21H25N3O5/c1-15-5-6-24(8-7-23-9-11-27-12-10-23)21(26)18(15)20(25)22-16-3-2-4-17-19(16)29-14-13-28-17/h2-6H,7-14H2,1H3,(H,22,25). The summed E-state index contributed by atoms with van der Waals surface area (Å²) in [6.07, 6.45) is 1.75. The van der Waals surface area contributed by atoms with Gasteiger partial charge in [-0.2, -0.15) is 0 Å². The van der Waals surface area contributed by atoms with Gasteiger partial charge in [0, 0.05) is 32.4 Å². The number of nitrogens with one attached hydrogen (secondary N) is 1. The number of nitrogens with zero attached hydrogens (tertiary/aromatic N) is 2. The topological polar surface area (TPSA) is 82.0 Å². The molecule has 1 N–H and O–H groups in total. The number of pyridine rings is 1. The van der Waals surface area contributed by atoms with E-state index in [1.54, 1.807) is 42.0 Å². The summed E-state index contributed by atoms with van der Waals surface area (Å²) in [7, 11) is 0. The number of aromatic nitrogens is 1. The molecule has 29 heavy (non-hydrogen) atoms. The summed E-state index contributed by atoms with van der Waals surface area (Å²) < 4.78 is 18.1. The minimum absolute atomic E-state index is 0.142. The normalized spacial score (nSPS) is 16.4. The maximum Gasteiger partial charge on any atom is 0.263 e. The molecule has 1 aromatic heterocycles. The van der Waals surface area contributed by atoms with Crippen LogP contribution in [0.4, 0.5) is 5.69 Å². The lowest BCUT2D eigenvalue weighted by molar-refractivity contribution is 0.0363. The average Bonchev–Trinajstić information content (AvgIpc) is 2.74. The van der Waals surface area contributed by atoms with E-state index in [1.165, 1.54) is 0 Å². The van der Waals surface area contributed by atoms with E-state index in [9.17, 15) is 9.59 Å². The van der Waals surface area contributed by atoms with Crippen LogP contribution in [0.2, 0.25) is 0 Å². The highest BCUT2D eigenvalue weighted by Crippen LogP contribution is 2.37. The third-order valence-corrected chi connectivity index (χ3v) is 5.18. The molecule has 1 fully saturated rings. The molecule has 1 aromatic carbocycles. The lowest BCUT2D eigenvalue weighted by atomic mass is 10.1. The maximum absolute atomic E-state index is 13.0. The highest BCUT2D eigenvalue weighted by Gasteiger charge is 2.21. The lowest BCUT2D eigenvalue weighted by Gasteiger charge is -2.26. The molecule has 3 heterocycles. The highest BCUT2D eigenvalue weighted by atomic mass is 16.6. The second-order valence-electron chi connectivity index (χ2n) is 7.11. The van der Waals surface area contributed by atoms with Gasteiger partial charge in [0.15, 0.2) is 11.5 Å². The van der Waals surface area contributed by atoms with E-state index in [1.807, 2.05) is 0 Å². The van der Waals surface area contributed by atoms with Crippen LogP contribution in [0.25, 0.3) is 0 Å². The number of aryl methyl sites for hydroxylation is 1. The summed E-state index contributed by atoms with van der Waals surface area (Å²) >= 11 is 0. The van der Waals surface area contributed by atoms with Crippen LogP contribution in [0, 0.1) is 6.92 Å². The van der Waals surface area contributed by atoms with Crippen molar-refractivity contribution in [3.63, 3.8) is 0 Å². The van der Waals surface area contributed by atoms with Crippen LogP contribution in [-0.4, -0.2) is 61.4 Å². The van der Waals surface area contributed by atoms with Gasteiger partial charge in [-0.05, 0) is 30.7 Å². The number of rotatable bonds is 5. The average molecular weight is 399 g/mol. The van der Waals surface area contributed by atoms with E-state index in [4.69, 9.17) is 14.2 Å². The zero-order chi connectivity index (χ0) is 20.2. The molecule has 154 valence electrons. The predicted molar refractivity (Wildman–Crippen MR) is 108 cm³/mol. The molecule has 4 rings (SSSR count). The monoisotopic (exact) mass is 399 g/mol. The Morgan fingerprint density at radius 2 is 1.86 bits per heavy atom. The number of benzene rings is 1. The Balaban J connectivity index is 1.53. The van der Waals surface area contributed by atoms with Crippen molar-refractivity contribution in [3.8, 4) is 11.5 Å². The molecular formula is C21H25N3O5. The van der Waals surface area contributed by atoms with Gasteiger partial charge in [0.2, 0.25) is 0 Å². The Bertz CT molecular complexity index is 950. The fraction of sp³-hybridized carbons (Fsp3) is 0.429. The Kier molecular flexibility index (Phi) is 5.82. The van der Waals surface area contributed by atoms with Crippen LogP contribution in [0.1, 0.15) is 15.9 Å². The Labute approximate surface area is 169 Å². The molecule has 2 aliphatic rings. The molecule has 0 atom stereocenters. The summed E-state index contributed by atoms with van der Waals surface area (Å²) in [5, 5.41) is 2.82. The second-order valence-corrected chi connectivity index (χ2v) is 7.11. The van der Waals surface area contributed by atoms with Crippen molar-refractivity contribution in [1.29, 1.82) is 0 Å². The summed E-state index contributed by atoms with van der Waals surface area (Å²) in [5.41, 5.74) is 0.980.